The van der Waals surface area contributed by atoms with Gasteiger partial charge in [0, 0.05) is 0 Å². The van der Waals surface area contributed by atoms with Crippen molar-refractivity contribution in [2.24, 2.45) is 0 Å². The third-order valence-electron chi connectivity index (χ3n) is 4.56. The van der Waals surface area contributed by atoms with Crippen LogP contribution in [0.2, 0.25) is 0 Å². The van der Waals surface area contributed by atoms with Crippen molar-refractivity contribution >= 4 is 0 Å². The van der Waals surface area contributed by atoms with Gasteiger partial charge < -0.3 is 10.2 Å². The first kappa shape index (κ1) is 16.1. The minimum atomic E-state index is 0.322. The summed E-state index contributed by atoms with van der Waals surface area (Å²) < 4.78 is 0. The smallest absolute Gasteiger partial charge is 0.121 e. The number of aromatic hydroxyl groups is 2. The van der Waals surface area contributed by atoms with Crippen LogP contribution in [0.5, 0.6) is 11.5 Å². The molecule has 0 bridgehead atoms. The topological polar surface area (TPSA) is 40.5 Å². The highest BCUT2D eigenvalue weighted by Crippen LogP contribution is 2.33. The molecule has 2 heteroatoms. The zero-order valence-electron chi connectivity index (χ0n) is 14.5. The first-order chi connectivity index (χ1) is 11.4. The Morgan fingerprint density at radius 1 is 0.542 bits per heavy atom. The van der Waals surface area contributed by atoms with E-state index in [0.717, 1.165) is 38.9 Å². The van der Waals surface area contributed by atoms with E-state index in [-0.39, 0.29) is 0 Å². The lowest BCUT2D eigenvalue weighted by molar-refractivity contribution is 0.467. The van der Waals surface area contributed by atoms with E-state index in [1.807, 2.05) is 45.0 Å². The van der Waals surface area contributed by atoms with Gasteiger partial charge in [-0.25, -0.2) is 0 Å². The molecule has 0 atom stereocenters. The molecule has 3 aromatic rings. The highest BCUT2D eigenvalue weighted by atomic mass is 16.3. The van der Waals surface area contributed by atoms with Crippen molar-refractivity contribution in [1.82, 2.24) is 0 Å². The average Bonchev–Trinajstić information content (AvgIpc) is 2.54. The monoisotopic (exact) mass is 318 g/mol. The molecule has 0 saturated carbocycles. The van der Waals surface area contributed by atoms with Crippen molar-refractivity contribution in [3.05, 3.63) is 70.8 Å². The van der Waals surface area contributed by atoms with Gasteiger partial charge in [-0.15, -0.1) is 0 Å². The number of benzene rings is 3. The number of aryl methyl sites for hydroxylation is 4. The van der Waals surface area contributed by atoms with Gasteiger partial charge in [-0.05, 0) is 96.5 Å². The van der Waals surface area contributed by atoms with Crippen LogP contribution >= 0.6 is 0 Å². The molecule has 3 aromatic carbocycles. The summed E-state index contributed by atoms with van der Waals surface area (Å²) in [5, 5.41) is 19.7. The third-order valence-corrected chi connectivity index (χ3v) is 4.56. The maximum absolute atomic E-state index is 9.95. The zero-order chi connectivity index (χ0) is 17.4. The fourth-order valence-corrected chi connectivity index (χ4v) is 3.11. The molecule has 0 aromatic heterocycles. The maximum Gasteiger partial charge on any atom is 0.121 e. The fraction of sp³-hybridized carbons (Fsp3) is 0.182. The van der Waals surface area contributed by atoms with Gasteiger partial charge in [0.1, 0.15) is 11.5 Å². The zero-order valence-corrected chi connectivity index (χ0v) is 14.5. The molecule has 0 saturated heterocycles. The molecule has 122 valence electrons. The van der Waals surface area contributed by atoms with Crippen molar-refractivity contribution < 1.29 is 10.2 Å². The lowest BCUT2D eigenvalue weighted by Gasteiger charge is -2.12. The van der Waals surface area contributed by atoms with Gasteiger partial charge in [0.15, 0.2) is 0 Å². The molecule has 0 spiro atoms. The lowest BCUT2D eigenvalue weighted by Crippen LogP contribution is -1.89. The standard InChI is InChI=1S/C22H22O2/c1-13-9-17(19-11-15(3)22(24)16(4)12-19)5-7-20(13)18-6-8-21(23)14(2)10-18/h5-12,23-24H,1-4H3. The van der Waals surface area contributed by atoms with Crippen LogP contribution in [0.1, 0.15) is 22.3 Å². The predicted molar refractivity (Wildman–Crippen MR) is 99.6 cm³/mol. The number of rotatable bonds is 2. The van der Waals surface area contributed by atoms with Crippen molar-refractivity contribution in [3.8, 4) is 33.8 Å². The van der Waals surface area contributed by atoms with E-state index < -0.39 is 0 Å². The van der Waals surface area contributed by atoms with E-state index in [2.05, 4.69) is 25.1 Å². The maximum atomic E-state index is 9.95. The van der Waals surface area contributed by atoms with Crippen LogP contribution in [-0.4, -0.2) is 10.2 Å². The highest BCUT2D eigenvalue weighted by molar-refractivity contribution is 5.75. The summed E-state index contributed by atoms with van der Waals surface area (Å²) in [5.74, 6) is 0.690. The lowest BCUT2D eigenvalue weighted by atomic mass is 9.93. The Kier molecular flexibility index (Phi) is 4.06. The molecule has 0 heterocycles. The van der Waals surface area contributed by atoms with Crippen LogP contribution in [0, 0.1) is 27.7 Å². The van der Waals surface area contributed by atoms with Crippen molar-refractivity contribution in [2.75, 3.05) is 0 Å². The SMILES string of the molecule is Cc1cc(-c2ccc(-c3cc(C)c(O)c(C)c3)cc2C)ccc1O. The van der Waals surface area contributed by atoms with Crippen LogP contribution in [0.15, 0.2) is 48.5 Å². The molecule has 0 aliphatic rings. The minimum Gasteiger partial charge on any atom is -0.508 e. The summed E-state index contributed by atoms with van der Waals surface area (Å²) in [6.45, 7) is 7.85. The highest BCUT2D eigenvalue weighted by Gasteiger charge is 2.09. The number of hydrogen-bond acceptors (Lipinski definition) is 2. The van der Waals surface area contributed by atoms with E-state index in [0.29, 0.717) is 11.5 Å². The normalized spacial score (nSPS) is 10.8. The molecule has 2 nitrogen and oxygen atoms in total. The summed E-state index contributed by atoms with van der Waals surface area (Å²) in [7, 11) is 0. The second kappa shape index (κ2) is 6.04. The second-order valence-corrected chi connectivity index (χ2v) is 6.49. The van der Waals surface area contributed by atoms with E-state index in [4.69, 9.17) is 0 Å². The molecule has 0 radical (unpaired) electrons. The Hall–Kier alpha value is -2.74. The van der Waals surface area contributed by atoms with E-state index in [1.54, 1.807) is 6.07 Å². The molecule has 3 rings (SSSR count). The number of hydrogen-bond donors (Lipinski definition) is 2. The van der Waals surface area contributed by atoms with Gasteiger partial charge in [0.25, 0.3) is 0 Å². The van der Waals surface area contributed by atoms with E-state index >= 15 is 0 Å². The van der Waals surface area contributed by atoms with Crippen LogP contribution in [-0.2, 0) is 0 Å². The molecule has 0 aliphatic carbocycles. The van der Waals surface area contributed by atoms with Gasteiger partial charge in [-0.1, -0.05) is 24.3 Å². The summed E-state index contributed by atoms with van der Waals surface area (Å²) >= 11 is 0. The number of phenolic OH excluding ortho intramolecular Hbond substituents is 2. The fourth-order valence-electron chi connectivity index (χ4n) is 3.11. The average molecular weight is 318 g/mol. The van der Waals surface area contributed by atoms with E-state index in [1.165, 1.54) is 5.56 Å². The number of phenols is 2. The molecule has 0 amide bonds. The van der Waals surface area contributed by atoms with Crippen LogP contribution in [0.3, 0.4) is 0 Å². The minimum absolute atomic E-state index is 0.322. The van der Waals surface area contributed by atoms with Gasteiger partial charge in [0.05, 0.1) is 0 Å². The van der Waals surface area contributed by atoms with Crippen LogP contribution < -0.4 is 0 Å². The Labute approximate surface area is 143 Å². The van der Waals surface area contributed by atoms with Crippen LogP contribution in [0.4, 0.5) is 0 Å². The third kappa shape index (κ3) is 2.88. The van der Waals surface area contributed by atoms with Crippen molar-refractivity contribution in [3.63, 3.8) is 0 Å². The Morgan fingerprint density at radius 2 is 1.08 bits per heavy atom. The molecule has 0 aliphatic heterocycles. The first-order valence-electron chi connectivity index (χ1n) is 8.08. The summed E-state index contributed by atoms with van der Waals surface area (Å²) in [6, 6.07) is 16.1. The quantitative estimate of drug-likeness (QED) is 0.639. The summed E-state index contributed by atoms with van der Waals surface area (Å²) in [5.41, 5.74) is 8.35. The molecule has 24 heavy (non-hydrogen) atoms. The first-order valence-corrected chi connectivity index (χ1v) is 8.08. The molecule has 0 fully saturated rings. The Morgan fingerprint density at radius 3 is 1.67 bits per heavy atom. The summed E-state index contributed by atoms with van der Waals surface area (Å²) in [6.07, 6.45) is 0. The largest absolute Gasteiger partial charge is 0.508 e. The summed E-state index contributed by atoms with van der Waals surface area (Å²) in [4.78, 5) is 0. The van der Waals surface area contributed by atoms with Gasteiger partial charge >= 0.3 is 0 Å². The molecular formula is C22H22O2. The van der Waals surface area contributed by atoms with E-state index in [9.17, 15) is 10.2 Å². The molecular weight excluding hydrogens is 296 g/mol. The van der Waals surface area contributed by atoms with Gasteiger partial charge in [0.2, 0.25) is 0 Å². The van der Waals surface area contributed by atoms with Gasteiger partial charge in [-0.2, -0.15) is 0 Å². The molecule has 2 N–H and O–H groups in total. The predicted octanol–water partition coefficient (Wildman–Crippen LogP) is 5.67. The van der Waals surface area contributed by atoms with Crippen LogP contribution in [0.25, 0.3) is 22.3 Å². The van der Waals surface area contributed by atoms with Gasteiger partial charge in [-0.3, -0.25) is 0 Å². The van der Waals surface area contributed by atoms with Crippen molar-refractivity contribution in [2.45, 2.75) is 27.7 Å². The second-order valence-electron chi connectivity index (χ2n) is 6.49. The Balaban J connectivity index is 2.05. The van der Waals surface area contributed by atoms with Crippen molar-refractivity contribution in [1.29, 1.82) is 0 Å². The molecule has 0 unspecified atom stereocenters. The Bertz CT molecular complexity index is 900.